The molecule has 0 atom stereocenters. The topological polar surface area (TPSA) is 34.1 Å². The van der Waals surface area contributed by atoms with E-state index in [1.54, 1.807) is 13.3 Å². The van der Waals surface area contributed by atoms with Gasteiger partial charge in [-0.25, -0.2) is 0 Å². The van der Waals surface area contributed by atoms with Gasteiger partial charge in [-0.3, -0.25) is 4.98 Å². The fraction of sp³-hybridized carbons (Fsp3) is 0.0909. The molecule has 2 aromatic rings. The highest BCUT2D eigenvalue weighted by Crippen LogP contribution is 2.21. The number of fused-ring (bicyclic) bond motifs is 1. The molecule has 0 aliphatic carbocycles. The van der Waals surface area contributed by atoms with Crippen LogP contribution < -0.4 is 5.32 Å². The zero-order valence-corrected chi connectivity index (χ0v) is 9.04. The molecule has 1 heterocycles. The lowest BCUT2D eigenvalue weighted by Gasteiger charge is -2.08. The van der Waals surface area contributed by atoms with Gasteiger partial charge in [-0.05, 0) is 36.5 Å². The minimum Gasteiger partial charge on any atom is -0.474 e. The van der Waals surface area contributed by atoms with Gasteiger partial charge in [0, 0.05) is 11.6 Å². The highest BCUT2D eigenvalue weighted by molar-refractivity contribution is 7.80. The summed E-state index contributed by atoms with van der Waals surface area (Å²) in [6, 6.07) is 9.70. The van der Waals surface area contributed by atoms with Gasteiger partial charge in [0.15, 0.2) is 0 Å². The molecule has 76 valence electrons. The van der Waals surface area contributed by atoms with Crippen LogP contribution in [-0.4, -0.2) is 17.3 Å². The summed E-state index contributed by atoms with van der Waals surface area (Å²) in [5.41, 5.74) is 1.84. The summed E-state index contributed by atoms with van der Waals surface area (Å²) < 4.78 is 4.90. The van der Waals surface area contributed by atoms with Crippen molar-refractivity contribution in [1.82, 2.24) is 4.98 Å². The molecule has 1 aromatic carbocycles. The average Bonchev–Trinajstić information content (AvgIpc) is 2.29. The molecule has 0 amide bonds. The maximum Gasteiger partial charge on any atom is 0.260 e. The van der Waals surface area contributed by atoms with Crippen molar-refractivity contribution >= 4 is 34.0 Å². The molecule has 0 fully saturated rings. The molecule has 4 heteroatoms. The largest absolute Gasteiger partial charge is 0.474 e. The molecule has 0 aliphatic heterocycles. The first-order chi connectivity index (χ1) is 7.31. The van der Waals surface area contributed by atoms with Crippen LogP contribution in [0.15, 0.2) is 36.5 Å². The Labute approximate surface area is 93.1 Å². The van der Waals surface area contributed by atoms with E-state index in [9.17, 15) is 0 Å². The van der Waals surface area contributed by atoms with Crippen molar-refractivity contribution in [2.45, 2.75) is 0 Å². The lowest BCUT2D eigenvalue weighted by Crippen LogP contribution is -2.10. The number of nitrogens with zero attached hydrogens (tertiary/aromatic N) is 1. The molecule has 0 radical (unpaired) electrons. The molecular weight excluding hydrogens is 208 g/mol. The number of hydrogen-bond acceptors (Lipinski definition) is 3. The molecule has 0 spiro atoms. The normalized spacial score (nSPS) is 9.93. The lowest BCUT2D eigenvalue weighted by molar-refractivity contribution is 0.413. The molecular formula is C11H10N2OS. The van der Waals surface area contributed by atoms with E-state index in [2.05, 4.69) is 10.3 Å². The van der Waals surface area contributed by atoms with Crippen LogP contribution in [0.1, 0.15) is 0 Å². The van der Waals surface area contributed by atoms with Crippen molar-refractivity contribution in [2.75, 3.05) is 12.4 Å². The zero-order valence-electron chi connectivity index (χ0n) is 8.23. The quantitative estimate of drug-likeness (QED) is 0.746. The van der Waals surface area contributed by atoms with Gasteiger partial charge in [-0.2, -0.15) is 0 Å². The molecule has 3 nitrogen and oxygen atoms in total. The Morgan fingerprint density at radius 2 is 2.20 bits per heavy atom. The van der Waals surface area contributed by atoms with E-state index < -0.39 is 0 Å². The predicted molar refractivity (Wildman–Crippen MR) is 65.0 cm³/mol. The van der Waals surface area contributed by atoms with E-state index in [0.29, 0.717) is 5.17 Å². The number of ether oxygens (including phenoxy) is 1. The van der Waals surface area contributed by atoms with Gasteiger partial charge < -0.3 is 10.1 Å². The number of pyridine rings is 1. The number of rotatable bonds is 1. The van der Waals surface area contributed by atoms with E-state index in [-0.39, 0.29) is 0 Å². The van der Waals surface area contributed by atoms with Gasteiger partial charge in [0.25, 0.3) is 5.17 Å². The van der Waals surface area contributed by atoms with Crippen LogP contribution in [0.3, 0.4) is 0 Å². The molecule has 2 rings (SSSR count). The van der Waals surface area contributed by atoms with Gasteiger partial charge in [-0.15, -0.1) is 0 Å². The Kier molecular flexibility index (Phi) is 2.78. The summed E-state index contributed by atoms with van der Waals surface area (Å²) in [7, 11) is 1.54. The van der Waals surface area contributed by atoms with Crippen molar-refractivity contribution in [2.24, 2.45) is 0 Å². The molecule has 1 N–H and O–H groups in total. The molecule has 0 saturated heterocycles. The lowest BCUT2D eigenvalue weighted by atomic mass is 10.2. The molecule has 0 aliphatic rings. The summed E-state index contributed by atoms with van der Waals surface area (Å²) in [6.45, 7) is 0. The van der Waals surface area contributed by atoms with Crippen LogP contribution in [0.4, 0.5) is 5.69 Å². The van der Waals surface area contributed by atoms with Gasteiger partial charge >= 0.3 is 0 Å². The Morgan fingerprint density at radius 1 is 1.33 bits per heavy atom. The third-order valence-electron chi connectivity index (χ3n) is 2.07. The molecule has 0 bridgehead atoms. The Morgan fingerprint density at radius 3 is 3.00 bits per heavy atom. The summed E-state index contributed by atoms with van der Waals surface area (Å²) in [5.74, 6) is 0. The Hall–Kier alpha value is -1.68. The number of benzene rings is 1. The van der Waals surface area contributed by atoms with Crippen LogP contribution >= 0.6 is 12.2 Å². The maximum absolute atomic E-state index is 4.95. The Balaban J connectivity index is 2.46. The SMILES string of the molecule is COC(=S)Nc1cccc2ncccc12. The van der Waals surface area contributed by atoms with Crippen molar-refractivity contribution in [3.63, 3.8) is 0 Å². The third-order valence-corrected chi connectivity index (χ3v) is 2.34. The number of hydrogen-bond donors (Lipinski definition) is 1. The van der Waals surface area contributed by atoms with Crippen LogP contribution in [0.5, 0.6) is 0 Å². The van der Waals surface area contributed by atoms with E-state index in [1.165, 1.54) is 0 Å². The van der Waals surface area contributed by atoms with E-state index >= 15 is 0 Å². The first-order valence-corrected chi connectivity index (χ1v) is 4.91. The Bertz CT molecular complexity index is 493. The van der Waals surface area contributed by atoms with E-state index in [4.69, 9.17) is 17.0 Å². The number of anilines is 1. The van der Waals surface area contributed by atoms with E-state index in [1.807, 2.05) is 30.3 Å². The standard InChI is InChI=1S/C11H10N2OS/c1-14-11(15)13-10-6-2-5-9-8(10)4-3-7-12-9/h2-7H,1H3,(H,13,15). The monoisotopic (exact) mass is 218 g/mol. The summed E-state index contributed by atoms with van der Waals surface area (Å²) in [6.07, 6.45) is 1.76. The second-order valence-corrected chi connectivity index (χ2v) is 3.36. The van der Waals surface area contributed by atoms with Crippen LogP contribution in [0.25, 0.3) is 10.9 Å². The van der Waals surface area contributed by atoms with Gasteiger partial charge in [0.1, 0.15) is 0 Å². The third kappa shape index (κ3) is 2.05. The zero-order chi connectivity index (χ0) is 10.7. The summed E-state index contributed by atoms with van der Waals surface area (Å²) >= 11 is 4.95. The van der Waals surface area contributed by atoms with Gasteiger partial charge in [-0.1, -0.05) is 6.07 Å². The highest BCUT2D eigenvalue weighted by atomic mass is 32.1. The minimum absolute atomic E-state index is 0.353. The smallest absolute Gasteiger partial charge is 0.260 e. The fourth-order valence-electron chi connectivity index (χ4n) is 1.37. The first-order valence-electron chi connectivity index (χ1n) is 4.50. The molecule has 15 heavy (non-hydrogen) atoms. The van der Waals surface area contributed by atoms with Gasteiger partial charge in [0.05, 0.1) is 18.3 Å². The first kappa shape index (κ1) is 9.86. The second-order valence-electron chi connectivity index (χ2n) is 2.99. The fourth-order valence-corrected chi connectivity index (χ4v) is 1.48. The summed E-state index contributed by atoms with van der Waals surface area (Å²) in [5, 5.41) is 4.38. The van der Waals surface area contributed by atoms with Crippen LogP contribution in [-0.2, 0) is 4.74 Å². The van der Waals surface area contributed by atoms with Crippen LogP contribution in [0.2, 0.25) is 0 Å². The predicted octanol–water partition coefficient (Wildman–Crippen LogP) is 2.58. The second kappa shape index (κ2) is 4.23. The summed E-state index contributed by atoms with van der Waals surface area (Å²) in [4.78, 5) is 4.25. The molecule has 0 unspecified atom stereocenters. The van der Waals surface area contributed by atoms with Crippen molar-refractivity contribution < 1.29 is 4.74 Å². The maximum atomic E-state index is 4.95. The molecule has 0 saturated carbocycles. The van der Waals surface area contributed by atoms with Crippen molar-refractivity contribution in [1.29, 1.82) is 0 Å². The number of thiocarbonyl (C=S) groups is 1. The van der Waals surface area contributed by atoms with E-state index in [0.717, 1.165) is 16.6 Å². The highest BCUT2D eigenvalue weighted by Gasteiger charge is 2.02. The van der Waals surface area contributed by atoms with Crippen LogP contribution in [0, 0.1) is 0 Å². The van der Waals surface area contributed by atoms with Crippen molar-refractivity contribution in [3.8, 4) is 0 Å². The number of nitrogens with one attached hydrogen (secondary N) is 1. The number of aromatic nitrogens is 1. The molecule has 1 aromatic heterocycles. The number of methoxy groups -OCH3 is 1. The van der Waals surface area contributed by atoms with Gasteiger partial charge in [0.2, 0.25) is 0 Å². The minimum atomic E-state index is 0.353. The average molecular weight is 218 g/mol. The van der Waals surface area contributed by atoms with Crippen molar-refractivity contribution in [3.05, 3.63) is 36.5 Å².